The normalized spacial score (nSPS) is 11.3. The van der Waals surface area contributed by atoms with Crippen LogP contribution in [0.15, 0.2) is 36.7 Å². The van der Waals surface area contributed by atoms with E-state index in [1.54, 1.807) is 12.4 Å². The highest BCUT2D eigenvalue weighted by molar-refractivity contribution is 5.78. The molecule has 0 spiro atoms. The molecule has 0 atom stereocenters. The van der Waals surface area contributed by atoms with Gasteiger partial charge in [-0.15, -0.1) is 0 Å². The van der Waals surface area contributed by atoms with Crippen molar-refractivity contribution in [2.45, 2.75) is 6.18 Å². The Morgan fingerprint density at radius 3 is 2.33 bits per heavy atom. The van der Waals surface area contributed by atoms with Gasteiger partial charge in [-0.1, -0.05) is 12.1 Å². The molecule has 2 rings (SSSR count). The van der Waals surface area contributed by atoms with E-state index in [0.717, 1.165) is 11.1 Å². The quantitative estimate of drug-likeness (QED) is 0.663. The molecule has 0 bridgehead atoms. The number of nitrogens with zero attached hydrogens (tertiary/aromatic N) is 1. The summed E-state index contributed by atoms with van der Waals surface area (Å²) in [6.07, 6.45) is -1.79. The van der Waals surface area contributed by atoms with Gasteiger partial charge >= 0.3 is 12.1 Å². The zero-order valence-electron chi connectivity index (χ0n) is 8.86. The fourth-order valence-corrected chi connectivity index (χ4v) is 1.29. The van der Waals surface area contributed by atoms with E-state index in [2.05, 4.69) is 14.9 Å². The number of H-pyrrole nitrogens is 1. The smallest absolute Gasteiger partial charge is 0.420 e. The molecule has 4 nitrogen and oxygen atoms in total. The predicted octanol–water partition coefficient (Wildman–Crippen LogP) is 2.54. The number of carbonyl (C=O) groups excluding carboxylic acids is 1. The number of hydrogen-bond donors (Lipinski definition) is 1. The van der Waals surface area contributed by atoms with Crippen molar-refractivity contribution in [3.05, 3.63) is 36.7 Å². The SMILES string of the molecule is O=C(Oc1ccc(-c2cn[nH]c2)cc1)C(F)(F)F. The average Bonchev–Trinajstić information content (AvgIpc) is 2.82. The molecule has 0 fully saturated rings. The van der Waals surface area contributed by atoms with E-state index in [-0.39, 0.29) is 5.75 Å². The van der Waals surface area contributed by atoms with E-state index in [1.165, 1.54) is 24.3 Å². The fraction of sp³-hybridized carbons (Fsp3) is 0.0909. The molecular formula is C11H7F3N2O2. The van der Waals surface area contributed by atoms with Crippen LogP contribution in [0.25, 0.3) is 11.1 Å². The van der Waals surface area contributed by atoms with Crippen molar-refractivity contribution in [1.82, 2.24) is 10.2 Å². The minimum atomic E-state index is -5.00. The number of rotatable bonds is 2. The molecule has 1 heterocycles. The largest absolute Gasteiger partial charge is 0.491 e. The van der Waals surface area contributed by atoms with Gasteiger partial charge in [-0.25, -0.2) is 4.79 Å². The summed E-state index contributed by atoms with van der Waals surface area (Å²) in [5.74, 6) is -2.40. The van der Waals surface area contributed by atoms with Crippen LogP contribution < -0.4 is 4.74 Å². The van der Waals surface area contributed by atoms with Gasteiger partial charge < -0.3 is 4.74 Å². The third-order valence-electron chi connectivity index (χ3n) is 2.13. The van der Waals surface area contributed by atoms with Gasteiger partial charge in [0.05, 0.1) is 6.20 Å². The Morgan fingerprint density at radius 1 is 1.17 bits per heavy atom. The summed E-state index contributed by atoms with van der Waals surface area (Å²) < 4.78 is 40.0. The van der Waals surface area contributed by atoms with Gasteiger partial charge in [0.2, 0.25) is 0 Å². The van der Waals surface area contributed by atoms with E-state index >= 15 is 0 Å². The van der Waals surface area contributed by atoms with E-state index in [9.17, 15) is 18.0 Å². The Labute approximate surface area is 99.4 Å². The van der Waals surface area contributed by atoms with Crippen molar-refractivity contribution in [3.8, 4) is 16.9 Å². The Bertz CT molecular complexity index is 532. The lowest BCUT2D eigenvalue weighted by Gasteiger charge is -2.07. The van der Waals surface area contributed by atoms with Crippen LogP contribution in [0.1, 0.15) is 0 Å². The van der Waals surface area contributed by atoms with Crippen LogP contribution in [0.3, 0.4) is 0 Å². The number of esters is 1. The molecule has 7 heteroatoms. The summed E-state index contributed by atoms with van der Waals surface area (Å²) >= 11 is 0. The maximum atomic E-state index is 12.0. The Hall–Kier alpha value is -2.31. The second-order valence-electron chi connectivity index (χ2n) is 3.40. The zero-order valence-corrected chi connectivity index (χ0v) is 8.86. The Kier molecular flexibility index (Phi) is 3.05. The fourth-order valence-electron chi connectivity index (χ4n) is 1.29. The van der Waals surface area contributed by atoms with Gasteiger partial charge in [-0.3, -0.25) is 5.10 Å². The lowest BCUT2D eigenvalue weighted by molar-refractivity contribution is -0.189. The van der Waals surface area contributed by atoms with Gasteiger partial charge in [0.1, 0.15) is 5.75 Å². The summed E-state index contributed by atoms with van der Waals surface area (Å²) in [6.45, 7) is 0. The van der Waals surface area contributed by atoms with Crippen molar-refractivity contribution >= 4 is 5.97 Å². The summed E-state index contributed by atoms with van der Waals surface area (Å²) in [6, 6.07) is 5.63. The van der Waals surface area contributed by atoms with E-state index in [1.807, 2.05) is 0 Å². The maximum Gasteiger partial charge on any atom is 0.491 e. The van der Waals surface area contributed by atoms with Crippen LogP contribution >= 0.6 is 0 Å². The van der Waals surface area contributed by atoms with Crippen LogP contribution in [0.2, 0.25) is 0 Å². The number of hydrogen-bond acceptors (Lipinski definition) is 3. The van der Waals surface area contributed by atoms with E-state index in [4.69, 9.17) is 0 Å². The molecule has 1 N–H and O–H groups in total. The number of nitrogens with one attached hydrogen (secondary N) is 1. The molecule has 0 aliphatic rings. The second-order valence-corrected chi connectivity index (χ2v) is 3.40. The number of aromatic nitrogens is 2. The minimum absolute atomic E-state index is 0.162. The van der Waals surface area contributed by atoms with Gasteiger partial charge in [0.25, 0.3) is 0 Å². The van der Waals surface area contributed by atoms with Crippen molar-refractivity contribution in [1.29, 1.82) is 0 Å². The summed E-state index contributed by atoms with van der Waals surface area (Å²) in [5.41, 5.74) is 1.53. The predicted molar refractivity (Wildman–Crippen MR) is 55.7 cm³/mol. The number of ether oxygens (including phenoxy) is 1. The van der Waals surface area contributed by atoms with Crippen molar-refractivity contribution in [2.75, 3.05) is 0 Å². The summed E-state index contributed by atoms with van der Waals surface area (Å²) in [4.78, 5) is 10.6. The lowest BCUT2D eigenvalue weighted by Crippen LogP contribution is -2.27. The van der Waals surface area contributed by atoms with Crippen LogP contribution in [0.5, 0.6) is 5.75 Å². The van der Waals surface area contributed by atoms with Crippen molar-refractivity contribution < 1.29 is 22.7 Å². The third-order valence-corrected chi connectivity index (χ3v) is 2.13. The standard InChI is InChI=1S/C11H7F3N2O2/c12-11(13,14)10(17)18-9-3-1-7(2-4-9)8-5-15-16-6-8/h1-6H,(H,15,16). The molecule has 2 aromatic rings. The zero-order chi connectivity index (χ0) is 13.2. The minimum Gasteiger partial charge on any atom is -0.420 e. The molecule has 1 aromatic heterocycles. The van der Waals surface area contributed by atoms with Crippen LogP contribution in [0, 0.1) is 0 Å². The van der Waals surface area contributed by atoms with E-state index in [0.29, 0.717) is 0 Å². The molecule has 0 saturated carbocycles. The number of benzene rings is 1. The molecule has 0 aliphatic heterocycles. The highest BCUT2D eigenvalue weighted by Crippen LogP contribution is 2.23. The second kappa shape index (κ2) is 4.52. The topological polar surface area (TPSA) is 55.0 Å². The molecule has 18 heavy (non-hydrogen) atoms. The highest BCUT2D eigenvalue weighted by atomic mass is 19.4. The molecule has 0 radical (unpaired) electrons. The first kappa shape index (κ1) is 12.2. The third kappa shape index (κ3) is 2.68. The summed E-state index contributed by atoms with van der Waals surface area (Å²) in [7, 11) is 0. The van der Waals surface area contributed by atoms with Gasteiger partial charge in [-0.2, -0.15) is 18.3 Å². The van der Waals surface area contributed by atoms with E-state index < -0.39 is 12.1 Å². The number of aromatic amines is 1. The van der Waals surface area contributed by atoms with Crippen LogP contribution in [-0.2, 0) is 4.79 Å². The molecule has 1 aromatic carbocycles. The van der Waals surface area contributed by atoms with Crippen LogP contribution in [0.4, 0.5) is 13.2 Å². The van der Waals surface area contributed by atoms with Crippen molar-refractivity contribution in [2.24, 2.45) is 0 Å². The molecule has 0 amide bonds. The lowest BCUT2D eigenvalue weighted by atomic mass is 10.1. The summed E-state index contributed by atoms with van der Waals surface area (Å²) in [5, 5.41) is 6.35. The number of halogens is 3. The Balaban J connectivity index is 2.12. The highest BCUT2D eigenvalue weighted by Gasteiger charge is 2.41. The first-order valence-corrected chi connectivity index (χ1v) is 4.85. The number of alkyl halides is 3. The average molecular weight is 256 g/mol. The molecule has 0 unspecified atom stereocenters. The molecule has 0 saturated heterocycles. The molecular weight excluding hydrogens is 249 g/mol. The first-order valence-electron chi connectivity index (χ1n) is 4.85. The monoisotopic (exact) mass is 256 g/mol. The first-order chi connectivity index (χ1) is 8.47. The van der Waals surface area contributed by atoms with Gasteiger partial charge in [0, 0.05) is 11.8 Å². The van der Waals surface area contributed by atoms with Gasteiger partial charge in [-0.05, 0) is 17.7 Å². The number of carbonyl (C=O) groups is 1. The Morgan fingerprint density at radius 2 is 1.83 bits per heavy atom. The molecule has 0 aliphatic carbocycles. The van der Waals surface area contributed by atoms with Crippen molar-refractivity contribution in [3.63, 3.8) is 0 Å². The van der Waals surface area contributed by atoms with Gasteiger partial charge in [0.15, 0.2) is 0 Å². The maximum absolute atomic E-state index is 12.0. The van der Waals surface area contributed by atoms with Crippen LogP contribution in [-0.4, -0.2) is 22.3 Å². The molecule has 94 valence electrons.